The zero-order valence-corrected chi connectivity index (χ0v) is 9.01. The normalized spacial score (nSPS) is 14.4. The molecular formula is C10H16F2N2. The largest absolute Gasteiger partial charge is 0.286 e. The Morgan fingerprint density at radius 3 is 2.50 bits per heavy atom. The van der Waals surface area contributed by atoms with Gasteiger partial charge in [-0.15, -0.1) is 0 Å². The van der Waals surface area contributed by atoms with Gasteiger partial charge >= 0.3 is 0 Å². The molecule has 1 heterocycles. The van der Waals surface area contributed by atoms with Crippen LogP contribution < -0.4 is 0 Å². The molecule has 1 rings (SSSR count). The van der Waals surface area contributed by atoms with E-state index in [4.69, 9.17) is 0 Å². The monoisotopic (exact) mass is 202 g/mol. The van der Waals surface area contributed by atoms with Gasteiger partial charge in [0.05, 0.1) is 5.69 Å². The molecule has 0 spiro atoms. The van der Waals surface area contributed by atoms with Crippen LogP contribution in [0.1, 0.15) is 44.5 Å². The van der Waals surface area contributed by atoms with Crippen LogP contribution in [0.25, 0.3) is 0 Å². The van der Waals surface area contributed by atoms with Crippen LogP contribution in [0.15, 0.2) is 6.07 Å². The summed E-state index contributed by atoms with van der Waals surface area (Å²) in [6.07, 6.45) is 0.908. The molecule has 0 aliphatic heterocycles. The first-order valence-electron chi connectivity index (χ1n) is 4.78. The van der Waals surface area contributed by atoms with Crippen LogP contribution in [0.3, 0.4) is 0 Å². The Morgan fingerprint density at radius 2 is 2.14 bits per heavy atom. The second-order valence-electron chi connectivity index (χ2n) is 3.78. The summed E-state index contributed by atoms with van der Waals surface area (Å²) >= 11 is 0. The maximum absolute atomic E-state index is 13.0. The standard InChI is InChI=1S/C10H16F2N2/c1-5-7(2)8-6-9(10(3,11)12)14(4)13-8/h6-7H,5H2,1-4H3. The van der Waals surface area contributed by atoms with Crippen molar-refractivity contribution in [1.82, 2.24) is 9.78 Å². The van der Waals surface area contributed by atoms with Gasteiger partial charge in [-0.25, -0.2) is 0 Å². The van der Waals surface area contributed by atoms with Gasteiger partial charge in [0.1, 0.15) is 5.69 Å². The average molecular weight is 202 g/mol. The van der Waals surface area contributed by atoms with Crippen molar-refractivity contribution in [2.75, 3.05) is 0 Å². The molecule has 0 aliphatic carbocycles. The lowest BCUT2D eigenvalue weighted by atomic mass is 10.0. The summed E-state index contributed by atoms with van der Waals surface area (Å²) in [7, 11) is 1.55. The Hall–Kier alpha value is -0.930. The van der Waals surface area contributed by atoms with Crippen LogP contribution in [0.5, 0.6) is 0 Å². The quantitative estimate of drug-likeness (QED) is 0.736. The summed E-state index contributed by atoms with van der Waals surface area (Å²) in [5.74, 6) is -2.58. The molecule has 0 bridgehead atoms. The molecule has 4 heteroatoms. The molecular weight excluding hydrogens is 186 g/mol. The Kier molecular flexibility index (Phi) is 2.92. The van der Waals surface area contributed by atoms with Crippen molar-refractivity contribution in [3.05, 3.63) is 17.5 Å². The number of nitrogens with zero attached hydrogens (tertiary/aromatic N) is 2. The number of hydrogen-bond donors (Lipinski definition) is 0. The van der Waals surface area contributed by atoms with E-state index in [1.807, 2.05) is 13.8 Å². The van der Waals surface area contributed by atoms with E-state index in [0.717, 1.165) is 19.0 Å². The van der Waals surface area contributed by atoms with Crippen molar-refractivity contribution in [3.63, 3.8) is 0 Å². The molecule has 0 radical (unpaired) electrons. The second-order valence-corrected chi connectivity index (χ2v) is 3.78. The van der Waals surface area contributed by atoms with Crippen molar-refractivity contribution >= 4 is 0 Å². The first kappa shape index (κ1) is 11.1. The molecule has 0 amide bonds. The predicted molar refractivity (Wildman–Crippen MR) is 51.5 cm³/mol. The maximum atomic E-state index is 13.0. The first-order chi connectivity index (χ1) is 6.36. The van der Waals surface area contributed by atoms with Crippen molar-refractivity contribution in [2.24, 2.45) is 7.05 Å². The average Bonchev–Trinajstić information content (AvgIpc) is 2.45. The molecule has 0 aliphatic rings. The lowest BCUT2D eigenvalue weighted by Gasteiger charge is -2.08. The van der Waals surface area contributed by atoms with E-state index in [2.05, 4.69) is 5.10 Å². The highest BCUT2D eigenvalue weighted by Crippen LogP contribution is 2.29. The topological polar surface area (TPSA) is 17.8 Å². The van der Waals surface area contributed by atoms with Crippen molar-refractivity contribution in [3.8, 4) is 0 Å². The fraction of sp³-hybridized carbons (Fsp3) is 0.700. The van der Waals surface area contributed by atoms with E-state index in [1.165, 1.54) is 10.7 Å². The Labute approximate surface area is 82.9 Å². The van der Waals surface area contributed by atoms with Crippen molar-refractivity contribution in [2.45, 2.75) is 39.0 Å². The van der Waals surface area contributed by atoms with E-state index >= 15 is 0 Å². The Morgan fingerprint density at radius 1 is 1.57 bits per heavy atom. The predicted octanol–water partition coefficient (Wildman–Crippen LogP) is 3.05. The third kappa shape index (κ3) is 2.11. The molecule has 0 N–H and O–H groups in total. The highest BCUT2D eigenvalue weighted by Gasteiger charge is 2.29. The Bertz CT molecular complexity index is 312. The summed E-state index contributed by atoms with van der Waals surface area (Å²) in [5.41, 5.74) is 0.722. The lowest BCUT2D eigenvalue weighted by Crippen LogP contribution is -2.12. The fourth-order valence-electron chi connectivity index (χ4n) is 1.35. The molecule has 1 aromatic rings. The van der Waals surface area contributed by atoms with Crippen LogP contribution >= 0.6 is 0 Å². The number of aryl methyl sites for hydroxylation is 1. The maximum Gasteiger partial charge on any atom is 0.286 e. The molecule has 0 saturated heterocycles. The number of aromatic nitrogens is 2. The van der Waals surface area contributed by atoms with Crippen molar-refractivity contribution in [1.29, 1.82) is 0 Å². The Balaban J connectivity index is 3.05. The minimum absolute atomic E-state index is 0.0206. The van der Waals surface area contributed by atoms with Crippen molar-refractivity contribution < 1.29 is 8.78 Å². The van der Waals surface area contributed by atoms with E-state index in [0.29, 0.717) is 0 Å². The minimum Gasteiger partial charge on any atom is -0.266 e. The third-order valence-corrected chi connectivity index (χ3v) is 2.47. The summed E-state index contributed by atoms with van der Waals surface area (Å²) < 4.78 is 27.3. The molecule has 80 valence electrons. The van der Waals surface area contributed by atoms with Gasteiger partial charge in [0.15, 0.2) is 0 Å². The number of rotatable bonds is 3. The van der Waals surface area contributed by atoms with E-state index in [1.54, 1.807) is 7.05 Å². The van der Waals surface area contributed by atoms with Crippen LogP contribution in [-0.2, 0) is 13.0 Å². The number of alkyl halides is 2. The molecule has 0 fully saturated rings. The number of halogens is 2. The summed E-state index contributed by atoms with van der Waals surface area (Å²) in [4.78, 5) is 0. The van der Waals surface area contributed by atoms with Crippen LogP contribution in [0.2, 0.25) is 0 Å². The zero-order chi connectivity index (χ0) is 10.9. The molecule has 1 aromatic heterocycles. The zero-order valence-electron chi connectivity index (χ0n) is 9.01. The smallest absolute Gasteiger partial charge is 0.266 e. The molecule has 1 unspecified atom stereocenters. The molecule has 0 aromatic carbocycles. The molecule has 14 heavy (non-hydrogen) atoms. The first-order valence-corrected chi connectivity index (χ1v) is 4.78. The van der Waals surface area contributed by atoms with Gasteiger partial charge in [-0.2, -0.15) is 13.9 Å². The van der Waals surface area contributed by atoms with Gasteiger partial charge in [0.25, 0.3) is 5.92 Å². The SMILES string of the molecule is CCC(C)c1cc(C(C)(F)F)n(C)n1. The fourth-order valence-corrected chi connectivity index (χ4v) is 1.35. The third-order valence-electron chi connectivity index (χ3n) is 2.47. The summed E-state index contributed by atoms with van der Waals surface area (Å²) in [5, 5.41) is 4.08. The van der Waals surface area contributed by atoms with E-state index in [-0.39, 0.29) is 11.6 Å². The van der Waals surface area contributed by atoms with Crippen LogP contribution in [-0.4, -0.2) is 9.78 Å². The van der Waals surface area contributed by atoms with Gasteiger partial charge in [0.2, 0.25) is 0 Å². The lowest BCUT2D eigenvalue weighted by molar-refractivity contribution is 0.00883. The van der Waals surface area contributed by atoms with Crippen LogP contribution in [0.4, 0.5) is 8.78 Å². The molecule has 2 nitrogen and oxygen atoms in total. The highest BCUT2D eigenvalue weighted by atomic mass is 19.3. The molecule has 0 saturated carbocycles. The van der Waals surface area contributed by atoms with E-state index in [9.17, 15) is 8.78 Å². The summed E-state index contributed by atoms with van der Waals surface area (Å²) in [6.45, 7) is 4.90. The minimum atomic E-state index is -2.81. The second kappa shape index (κ2) is 3.67. The highest BCUT2D eigenvalue weighted by molar-refractivity contribution is 5.17. The summed E-state index contributed by atoms with van der Waals surface area (Å²) in [6, 6.07) is 1.49. The number of hydrogen-bond acceptors (Lipinski definition) is 1. The van der Waals surface area contributed by atoms with Gasteiger partial charge < -0.3 is 0 Å². The molecule has 1 atom stereocenters. The van der Waals surface area contributed by atoms with E-state index < -0.39 is 5.92 Å². The van der Waals surface area contributed by atoms with Gasteiger partial charge in [-0.3, -0.25) is 4.68 Å². The van der Waals surface area contributed by atoms with Gasteiger partial charge in [-0.05, 0) is 18.4 Å². The van der Waals surface area contributed by atoms with Gasteiger partial charge in [-0.1, -0.05) is 13.8 Å². The van der Waals surface area contributed by atoms with Crippen LogP contribution in [0, 0.1) is 0 Å². The van der Waals surface area contributed by atoms with Gasteiger partial charge in [0, 0.05) is 14.0 Å².